The fourth-order valence-corrected chi connectivity index (χ4v) is 4.75. The molecule has 0 bridgehead atoms. The van der Waals surface area contributed by atoms with Gasteiger partial charge in [-0.3, -0.25) is 5.32 Å². The summed E-state index contributed by atoms with van der Waals surface area (Å²) in [6.45, 7) is 9.08. The maximum atomic E-state index is 13.2. The van der Waals surface area contributed by atoms with Gasteiger partial charge in [0.25, 0.3) is 0 Å². The van der Waals surface area contributed by atoms with Crippen LogP contribution in [0.2, 0.25) is 0 Å². The van der Waals surface area contributed by atoms with E-state index in [9.17, 15) is 4.79 Å². The van der Waals surface area contributed by atoms with E-state index in [2.05, 4.69) is 40.1 Å². The lowest BCUT2D eigenvalue weighted by Gasteiger charge is -2.42. The van der Waals surface area contributed by atoms with Gasteiger partial charge in [0.1, 0.15) is 6.61 Å². The number of aromatic amines is 1. The molecule has 2 N–H and O–H groups in total. The van der Waals surface area contributed by atoms with E-state index in [1.54, 1.807) is 0 Å². The van der Waals surface area contributed by atoms with Gasteiger partial charge in [-0.2, -0.15) is 0 Å². The van der Waals surface area contributed by atoms with Gasteiger partial charge >= 0.3 is 5.97 Å². The molecular weight excluding hydrogens is 458 g/mol. The highest BCUT2D eigenvalue weighted by molar-refractivity contribution is 9.09. The number of carbonyl (C=O) groups excluding carboxylic acids is 1. The molecular formula is C24H28BrN3O3. The number of hydrogen-bond donors (Lipinski definition) is 2. The second-order valence-electron chi connectivity index (χ2n) is 8.93. The highest BCUT2D eigenvalue weighted by Crippen LogP contribution is 2.43. The van der Waals surface area contributed by atoms with Gasteiger partial charge in [-0.15, -0.1) is 0 Å². The number of aromatic nitrogens is 2. The number of nitrogens with zero attached hydrogens (tertiary/aromatic N) is 1. The van der Waals surface area contributed by atoms with E-state index in [0.717, 1.165) is 27.9 Å². The van der Waals surface area contributed by atoms with E-state index in [-0.39, 0.29) is 17.5 Å². The Labute approximate surface area is 190 Å². The van der Waals surface area contributed by atoms with Crippen LogP contribution < -0.4 is 10.1 Å². The third kappa shape index (κ3) is 3.96. The third-order valence-corrected chi connectivity index (χ3v) is 6.51. The number of pyridine rings is 1. The number of ether oxygens (including phenoxy) is 2. The first-order valence-corrected chi connectivity index (χ1v) is 11.6. The Bertz CT molecular complexity index is 1090. The van der Waals surface area contributed by atoms with Gasteiger partial charge in [0.05, 0.1) is 22.8 Å². The maximum absolute atomic E-state index is 13.2. The van der Waals surface area contributed by atoms with Gasteiger partial charge in [0.15, 0.2) is 5.54 Å². The summed E-state index contributed by atoms with van der Waals surface area (Å²) in [5.41, 5.74) is 3.37. The lowest BCUT2D eigenvalue weighted by Crippen LogP contribution is -2.59. The number of benzene rings is 1. The van der Waals surface area contributed by atoms with Crippen molar-refractivity contribution in [2.45, 2.75) is 51.4 Å². The minimum atomic E-state index is -0.999. The van der Waals surface area contributed by atoms with Gasteiger partial charge in [0, 0.05) is 28.9 Å². The Morgan fingerprint density at radius 2 is 1.94 bits per heavy atom. The molecule has 31 heavy (non-hydrogen) atoms. The molecule has 3 aromatic rings. The molecule has 0 spiro atoms. The van der Waals surface area contributed by atoms with Crippen molar-refractivity contribution in [3.63, 3.8) is 0 Å². The summed E-state index contributed by atoms with van der Waals surface area (Å²) < 4.78 is 11.6. The molecule has 0 amide bonds. The minimum absolute atomic E-state index is 0.205. The molecule has 2 aromatic heterocycles. The number of halogens is 1. The van der Waals surface area contributed by atoms with Crippen molar-refractivity contribution in [2.24, 2.45) is 0 Å². The molecule has 1 aromatic carbocycles. The van der Waals surface area contributed by atoms with E-state index in [1.165, 1.54) is 0 Å². The van der Waals surface area contributed by atoms with Crippen LogP contribution >= 0.6 is 15.9 Å². The van der Waals surface area contributed by atoms with Crippen molar-refractivity contribution >= 4 is 32.9 Å². The number of carbonyl (C=O) groups is 1. The molecule has 1 atom stereocenters. The largest absolute Gasteiger partial charge is 0.473 e. The summed E-state index contributed by atoms with van der Waals surface area (Å²) in [4.78, 5) is 21.4. The monoisotopic (exact) mass is 485 g/mol. The van der Waals surface area contributed by atoms with Gasteiger partial charge in [-0.1, -0.05) is 60.1 Å². The molecule has 7 heteroatoms. The van der Waals surface area contributed by atoms with Crippen molar-refractivity contribution in [1.82, 2.24) is 15.3 Å². The Morgan fingerprint density at radius 3 is 2.61 bits per heavy atom. The molecule has 164 valence electrons. The number of rotatable bonds is 6. The number of H-pyrrole nitrogens is 1. The molecule has 3 heterocycles. The van der Waals surface area contributed by atoms with Crippen LogP contribution in [-0.4, -0.2) is 33.9 Å². The van der Waals surface area contributed by atoms with E-state index in [0.29, 0.717) is 24.4 Å². The Kier molecular flexibility index (Phi) is 5.83. The molecule has 1 unspecified atom stereocenters. The highest BCUT2D eigenvalue weighted by atomic mass is 79.9. The summed E-state index contributed by atoms with van der Waals surface area (Å²) in [5, 5.41) is 3.83. The van der Waals surface area contributed by atoms with Crippen LogP contribution in [0.25, 0.3) is 11.0 Å². The number of fused-ring (bicyclic) bond motifs is 3. The van der Waals surface area contributed by atoms with Crippen molar-refractivity contribution in [3.05, 3.63) is 59.3 Å². The molecule has 0 fully saturated rings. The first-order chi connectivity index (χ1) is 14.8. The summed E-state index contributed by atoms with van der Waals surface area (Å²) in [6.07, 6.45) is -0.205. The zero-order valence-corrected chi connectivity index (χ0v) is 19.9. The molecule has 0 radical (unpaired) electrons. The summed E-state index contributed by atoms with van der Waals surface area (Å²) >= 11 is 3.56. The number of hydrogen-bond acceptors (Lipinski definition) is 5. The van der Waals surface area contributed by atoms with Crippen LogP contribution in [0.1, 0.15) is 44.5 Å². The fraction of sp³-hybridized carbons (Fsp3) is 0.417. The van der Waals surface area contributed by atoms with Crippen LogP contribution in [0.15, 0.2) is 42.5 Å². The second kappa shape index (κ2) is 8.28. The first-order valence-electron chi connectivity index (χ1n) is 10.5. The predicted octanol–water partition coefficient (Wildman–Crippen LogP) is 4.56. The number of alkyl halides is 1. The summed E-state index contributed by atoms with van der Waals surface area (Å²) in [7, 11) is 0. The van der Waals surface area contributed by atoms with Gasteiger partial charge < -0.3 is 14.5 Å². The van der Waals surface area contributed by atoms with E-state index >= 15 is 0 Å². The second-order valence-corrected chi connectivity index (χ2v) is 9.49. The molecule has 1 aliphatic rings. The van der Waals surface area contributed by atoms with Crippen LogP contribution in [0.3, 0.4) is 0 Å². The SMILES string of the molecule is CC(C)OC(=O)C1(CBr)NCC(C)(C)c2c1[nH]c1ccc(OCc3ccccc3)nc21. The van der Waals surface area contributed by atoms with Crippen LogP contribution in [0.4, 0.5) is 0 Å². The maximum Gasteiger partial charge on any atom is 0.333 e. The molecule has 0 saturated heterocycles. The van der Waals surface area contributed by atoms with Crippen molar-refractivity contribution in [1.29, 1.82) is 0 Å². The quantitative estimate of drug-likeness (QED) is 0.395. The molecule has 6 nitrogen and oxygen atoms in total. The van der Waals surface area contributed by atoms with Crippen molar-refractivity contribution < 1.29 is 14.3 Å². The van der Waals surface area contributed by atoms with Gasteiger partial charge in [-0.05, 0) is 25.5 Å². The molecule has 1 aliphatic heterocycles. The van der Waals surface area contributed by atoms with Crippen LogP contribution in [0.5, 0.6) is 5.88 Å². The van der Waals surface area contributed by atoms with Crippen molar-refractivity contribution in [2.75, 3.05) is 11.9 Å². The summed E-state index contributed by atoms with van der Waals surface area (Å²) in [5.74, 6) is 0.255. The lowest BCUT2D eigenvalue weighted by atomic mass is 9.75. The predicted molar refractivity (Wildman–Crippen MR) is 125 cm³/mol. The zero-order valence-electron chi connectivity index (χ0n) is 18.3. The normalized spacial score (nSPS) is 19.9. The van der Waals surface area contributed by atoms with Crippen molar-refractivity contribution in [3.8, 4) is 5.88 Å². The fourth-order valence-electron chi connectivity index (χ4n) is 4.05. The summed E-state index contributed by atoms with van der Waals surface area (Å²) in [6, 6.07) is 13.8. The molecule has 0 saturated carbocycles. The average Bonchev–Trinajstić information content (AvgIpc) is 3.13. The van der Waals surface area contributed by atoms with Gasteiger partial charge in [0.2, 0.25) is 5.88 Å². The van der Waals surface area contributed by atoms with Crippen LogP contribution in [-0.2, 0) is 27.1 Å². The molecule has 0 aliphatic carbocycles. The zero-order chi connectivity index (χ0) is 22.2. The Morgan fingerprint density at radius 1 is 1.19 bits per heavy atom. The molecule has 4 rings (SSSR count). The topological polar surface area (TPSA) is 76.2 Å². The highest BCUT2D eigenvalue weighted by Gasteiger charge is 2.51. The number of nitrogens with one attached hydrogen (secondary N) is 2. The standard InChI is InChI=1S/C24H28BrN3O3/c1-15(2)31-22(29)24(13-25)21-19(23(3,4)14-26-24)20-17(27-21)10-11-18(28-20)30-12-16-8-6-5-7-9-16/h5-11,15,26-27H,12-14H2,1-4H3. The lowest BCUT2D eigenvalue weighted by molar-refractivity contribution is -0.155. The van der Waals surface area contributed by atoms with Gasteiger partial charge in [-0.25, -0.2) is 9.78 Å². The van der Waals surface area contributed by atoms with E-state index in [1.807, 2.05) is 56.3 Å². The Balaban J connectivity index is 1.77. The van der Waals surface area contributed by atoms with E-state index < -0.39 is 5.54 Å². The number of esters is 1. The average molecular weight is 486 g/mol. The Hall–Kier alpha value is -2.38. The van der Waals surface area contributed by atoms with Crippen LogP contribution in [0, 0.1) is 0 Å². The third-order valence-electron chi connectivity index (χ3n) is 5.67. The smallest absolute Gasteiger partial charge is 0.333 e. The van der Waals surface area contributed by atoms with E-state index in [4.69, 9.17) is 14.5 Å². The first kappa shape index (κ1) is 21.8. The minimum Gasteiger partial charge on any atom is -0.473 e.